The molecule has 8 nitrogen and oxygen atoms in total. The number of benzene rings is 1. The van der Waals surface area contributed by atoms with Crippen LogP contribution in [-0.4, -0.2) is 46.3 Å². The lowest BCUT2D eigenvalue weighted by Gasteiger charge is -2.15. The summed E-state index contributed by atoms with van der Waals surface area (Å²) in [6.07, 6.45) is 6.38. The average Bonchev–Trinajstić information content (AvgIpc) is 3.14. The van der Waals surface area contributed by atoms with Crippen molar-refractivity contribution in [3.8, 4) is 5.75 Å². The minimum Gasteiger partial charge on any atom is -0.490 e. The van der Waals surface area contributed by atoms with E-state index in [1.165, 1.54) is 31.5 Å². The van der Waals surface area contributed by atoms with Crippen LogP contribution in [0.3, 0.4) is 0 Å². The molecule has 8 heteroatoms. The fraction of sp³-hybridized carbons (Fsp3) is 0.389. The number of aromatic nitrogens is 3. The maximum atomic E-state index is 11.1. The van der Waals surface area contributed by atoms with E-state index in [-0.39, 0.29) is 11.6 Å². The molecule has 0 amide bonds. The van der Waals surface area contributed by atoms with Crippen molar-refractivity contribution in [2.75, 3.05) is 37.3 Å². The number of hydrogen-bond acceptors (Lipinski definition) is 7. The van der Waals surface area contributed by atoms with E-state index in [0.717, 1.165) is 12.3 Å². The fourth-order valence-corrected chi connectivity index (χ4v) is 2.86. The van der Waals surface area contributed by atoms with Gasteiger partial charge in [-0.3, -0.25) is 4.90 Å². The monoisotopic (exact) mass is 356 g/mol. The van der Waals surface area contributed by atoms with Crippen molar-refractivity contribution in [2.24, 2.45) is 0 Å². The van der Waals surface area contributed by atoms with Crippen molar-refractivity contribution in [3.05, 3.63) is 52.5 Å². The number of nitrogens with two attached hydrogens (primary N) is 1. The second-order valence-corrected chi connectivity index (χ2v) is 6.17. The Balaban J connectivity index is 1.42. The minimum atomic E-state index is -0.539. The van der Waals surface area contributed by atoms with Gasteiger partial charge in [-0.25, -0.2) is 9.89 Å². The number of aromatic amines is 1. The molecule has 0 atom stereocenters. The number of likely N-dealkylation sites (tertiary alicyclic amines) is 1. The maximum absolute atomic E-state index is 11.1. The Morgan fingerprint density at radius 3 is 3.00 bits per heavy atom. The second-order valence-electron chi connectivity index (χ2n) is 6.17. The molecule has 4 N–H and O–H groups in total. The molecule has 1 aliphatic rings. The van der Waals surface area contributed by atoms with Gasteiger partial charge in [-0.15, -0.1) is 5.10 Å². The minimum absolute atomic E-state index is 0.157. The lowest BCUT2D eigenvalue weighted by Crippen LogP contribution is -2.18. The zero-order valence-electron chi connectivity index (χ0n) is 14.6. The van der Waals surface area contributed by atoms with Crippen molar-refractivity contribution in [1.82, 2.24) is 20.1 Å². The van der Waals surface area contributed by atoms with Gasteiger partial charge in [0.1, 0.15) is 12.4 Å². The predicted octanol–water partition coefficient (Wildman–Crippen LogP) is 1.39. The van der Waals surface area contributed by atoms with Crippen molar-refractivity contribution >= 4 is 11.6 Å². The van der Waals surface area contributed by atoms with Gasteiger partial charge in [0.05, 0.1) is 0 Å². The van der Waals surface area contributed by atoms with Gasteiger partial charge in [-0.05, 0) is 49.7 Å². The molecule has 0 aliphatic carbocycles. The highest BCUT2D eigenvalue weighted by Crippen LogP contribution is 2.17. The first-order valence-electron chi connectivity index (χ1n) is 8.76. The van der Waals surface area contributed by atoms with Crippen molar-refractivity contribution in [2.45, 2.75) is 19.4 Å². The van der Waals surface area contributed by atoms with Crippen LogP contribution in [0.5, 0.6) is 5.75 Å². The van der Waals surface area contributed by atoms with Crippen LogP contribution in [0.4, 0.5) is 11.6 Å². The first-order chi connectivity index (χ1) is 12.7. The molecule has 138 valence electrons. The molecule has 1 aliphatic heterocycles. The summed E-state index contributed by atoms with van der Waals surface area (Å²) in [4.78, 5) is 17.3. The smallest absolute Gasteiger partial charge is 0.363 e. The van der Waals surface area contributed by atoms with Crippen LogP contribution < -0.4 is 21.5 Å². The summed E-state index contributed by atoms with van der Waals surface area (Å²) < 4.78 is 5.77. The van der Waals surface area contributed by atoms with Crippen molar-refractivity contribution in [1.29, 1.82) is 0 Å². The lowest BCUT2D eigenvalue weighted by atomic mass is 10.2. The molecule has 1 aromatic heterocycles. The number of rotatable bonds is 8. The zero-order chi connectivity index (χ0) is 18.2. The number of ether oxygens (including phenoxy) is 1. The van der Waals surface area contributed by atoms with Crippen LogP contribution in [-0.2, 0) is 6.54 Å². The number of anilines is 2. The summed E-state index contributed by atoms with van der Waals surface area (Å²) in [6, 6.07) is 8.22. The van der Waals surface area contributed by atoms with Crippen molar-refractivity contribution in [3.63, 3.8) is 0 Å². The predicted molar refractivity (Wildman–Crippen MR) is 101 cm³/mol. The number of nitrogen functional groups attached to an aromatic ring is 1. The molecule has 0 saturated carbocycles. The van der Waals surface area contributed by atoms with E-state index in [1.54, 1.807) is 0 Å². The number of nitrogens with one attached hydrogen (secondary N) is 2. The molecule has 26 heavy (non-hydrogen) atoms. The number of nitrogens with zero attached hydrogens (tertiary/aromatic N) is 3. The summed E-state index contributed by atoms with van der Waals surface area (Å²) in [7, 11) is 0. The van der Waals surface area contributed by atoms with E-state index in [2.05, 4.69) is 37.5 Å². The Morgan fingerprint density at radius 2 is 2.15 bits per heavy atom. The average molecular weight is 356 g/mol. The van der Waals surface area contributed by atoms with E-state index in [9.17, 15) is 4.79 Å². The van der Waals surface area contributed by atoms with Gasteiger partial charge < -0.3 is 15.8 Å². The maximum Gasteiger partial charge on any atom is 0.363 e. The summed E-state index contributed by atoms with van der Waals surface area (Å²) in [5.74, 6) is 1.29. The Labute approximate surface area is 152 Å². The quantitative estimate of drug-likeness (QED) is 0.613. The van der Waals surface area contributed by atoms with Crippen molar-refractivity contribution < 1.29 is 4.74 Å². The standard InChI is InChI=1S/C18H24N6O2/c19-16-17(21-18(25)23-22-16)20-8-1-4-11-26-15-7-5-6-14(12-15)13-24-9-2-3-10-24/h1,4-7,12H,2-3,8-11,13H2,(H2,19,22)(H2,20,21,23,25)/b4-1-. The summed E-state index contributed by atoms with van der Waals surface area (Å²) in [5.41, 5.74) is 6.36. The first kappa shape index (κ1) is 17.9. The van der Waals surface area contributed by atoms with Gasteiger partial charge in [-0.2, -0.15) is 4.98 Å². The molecule has 0 spiro atoms. The van der Waals surface area contributed by atoms with Crippen LogP contribution in [0.15, 0.2) is 41.2 Å². The van der Waals surface area contributed by atoms with E-state index in [4.69, 9.17) is 10.5 Å². The molecular weight excluding hydrogens is 332 g/mol. The number of H-pyrrole nitrogens is 1. The van der Waals surface area contributed by atoms with Gasteiger partial charge in [0.2, 0.25) is 0 Å². The largest absolute Gasteiger partial charge is 0.490 e. The second kappa shape index (κ2) is 9.00. The van der Waals surface area contributed by atoms with E-state index in [1.807, 2.05) is 24.3 Å². The van der Waals surface area contributed by atoms with Gasteiger partial charge >= 0.3 is 5.69 Å². The summed E-state index contributed by atoms with van der Waals surface area (Å²) in [6.45, 7) is 4.29. The molecular formula is C18H24N6O2. The SMILES string of the molecule is Nc1n[nH]c(=O)nc1NC/C=C\COc1cccc(CN2CCCC2)c1. The molecule has 3 rings (SSSR count). The highest BCUT2D eigenvalue weighted by Gasteiger charge is 2.11. The third-order valence-electron chi connectivity index (χ3n) is 4.13. The van der Waals surface area contributed by atoms with E-state index < -0.39 is 5.69 Å². The van der Waals surface area contributed by atoms with Crippen LogP contribution >= 0.6 is 0 Å². The van der Waals surface area contributed by atoms with E-state index in [0.29, 0.717) is 13.2 Å². The molecule has 0 bridgehead atoms. The molecule has 0 unspecified atom stereocenters. The third kappa shape index (κ3) is 5.32. The van der Waals surface area contributed by atoms with Gasteiger partial charge in [0, 0.05) is 13.1 Å². The Morgan fingerprint density at radius 1 is 1.31 bits per heavy atom. The molecule has 1 aromatic carbocycles. The van der Waals surface area contributed by atoms with Crippen LogP contribution in [0.2, 0.25) is 0 Å². The normalized spacial score (nSPS) is 14.8. The Kier molecular flexibility index (Phi) is 6.21. The number of hydrogen-bond donors (Lipinski definition) is 3. The van der Waals surface area contributed by atoms with Gasteiger partial charge in [0.25, 0.3) is 0 Å². The van der Waals surface area contributed by atoms with Crippen LogP contribution in [0, 0.1) is 0 Å². The topological polar surface area (TPSA) is 109 Å². The lowest BCUT2D eigenvalue weighted by molar-refractivity contribution is 0.328. The summed E-state index contributed by atoms with van der Waals surface area (Å²) in [5, 5.41) is 8.75. The van der Waals surface area contributed by atoms with Crippen LogP contribution in [0.25, 0.3) is 0 Å². The highest BCUT2D eigenvalue weighted by atomic mass is 16.5. The molecule has 1 saturated heterocycles. The first-order valence-corrected chi connectivity index (χ1v) is 8.76. The van der Waals surface area contributed by atoms with E-state index >= 15 is 0 Å². The summed E-state index contributed by atoms with van der Waals surface area (Å²) >= 11 is 0. The third-order valence-corrected chi connectivity index (χ3v) is 4.13. The van der Waals surface area contributed by atoms with Crippen LogP contribution in [0.1, 0.15) is 18.4 Å². The zero-order valence-corrected chi connectivity index (χ0v) is 14.6. The molecule has 2 heterocycles. The Bertz CT molecular complexity index is 798. The molecule has 1 fully saturated rings. The van der Waals surface area contributed by atoms with Gasteiger partial charge in [0.15, 0.2) is 11.6 Å². The Hall–Kier alpha value is -2.87. The molecule has 2 aromatic rings. The highest BCUT2D eigenvalue weighted by molar-refractivity contribution is 5.54. The molecule has 0 radical (unpaired) electrons. The fourth-order valence-electron chi connectivity index (χ4n) is 2.86. The van der Waals surface area contributed by atoms with Gasteiger partial charge in [-0.1, -0.05) is 18.2 Å².